The predicted molar refractivity (Wildman–Crippen MR) is 101 cm³/mol. The maximum absolute atomic E-state index is 13.4. The third-order valence-electron chi connectivity index (χ3n) is 3.60. The van der Waals surface area contributed by atoms with Crippen LogP contribution in [0.25, 0.3) is 10.7 Å². The van der Waals surface area contributed by atoms with Gasteiger partial charge >= 0.3 is 0 Å². The molecule has 1 unspecified atom stereocenters. The summed E-state index contributed by atoms with van der Waals surface area (Å²) in [4.78, 5) is 13.5. The third-order valence-corrected chi connectivity index (χ3v) is 5.21. The second-order valence-corrected chi connectivity index (χ2v) is 7.62. The Morgan fingerprint density at radius 3 is 3.00 bits per heavy atom. The smallest absolute Gasteiger partial charge is 0.243 e. The van der Waals surface area contributed by atoms with Gasteiger partial charge in [-0.1, -0.05) is 22.0 Å². The van der Waals surface area contributed by atoms with E-state index in [9.17, 15) is 9.18 Å². The number of H-pyrrole nitrogens is 1. The lowest BCUT2D eigenvalue weighted by Gasteiger charge is -2.15. The van der Waals surface area contributed by atoms with Crippen LogP contribution < -0.4 is 5.32 Å². The largest absolute Gasteiger partial charge is 0.350 e. The number of carbonyl (C=O) groups excluding carboxylic acids is 1. The van der Waals surface area contributed by atoms with E-state index in [1.54, 1.807) is 17.6 Å². The molecule has 0 aliphatic carbocycles. The minimum absolute atomic E-state index is 0.221. The van der Waals surface area contributed by atoms with Crippen LogP contribution in [0.5, 0.6) is 0 Å². The molecule has 0 spiro atoms. The SMILES string of the molecule is CC(C(=O)NCc1cc(F)cc(Br)c1)n1c(-c2cccs2)n[nH]c1=S. The monoisotopic (exact) mass is 440 g/mol. The molecule has 0 aliphatic heterocycles. The van der Waals surface area contributed by atoms with Crippen molar-refractivity contribution in [2.75, 3.05) is 0 Å². The molecule has 2 heterocycles. The molecule has 3 aromatic rings. The van der Waals surface area contributed by atoms with Crippen LogP contribution in [0.2, 0.25) is 0 Å². The van der Waals surface area contributed by atoms with Gasteiger partial charge in [-0.15, -0.1) is 11.3 Å². The summed E-state index contributed by atoms with van der Waals surface area (Å²) in [7, 11) is 0. The fourth-order valence-electron chi connectivity index (χ4n) is 2.41. The molecule has 130 valence electrons. The lowest BCUT2D eigenvalue weighted by atomic mass is 10.2. The van der Waals surface area contributed by atoms with Crippen molar-refractivity contribution in [2.24, 2.45) is 0 Å². The molecule has 3 rings (SSSR count). The van der Waals surface area contributed by atoms with Gasteiger partial charge in [0.05, 0.1) is 4.88 Å². The van der Waals surface area contributed by atoms with E-state index < -0.39 is 6.04 Å². The van der Waals surface area contributed by atoms with Crippen molar-refractivity contribution in [1.82, 2.24) is 20.1 Å². The van der Waals surface area contributed by atoms with Gasteiger partial charge in [0.1, 0.15) is 11.9 Å². The molecule has 2 aromatic heterocycles. The highest BCUT2D eigenvalue weighted by molar-refractivity contribution is 9.10. The van der Waals surface area contributed by atoms with E-state index in [0.29, 0.717) is 20.6 Å². The van der Waals surface area contributed by atoms with E-state index >= 15 is 0 Å². The molecule has 1 aromatic carbocycles. The molecule has 5 nitrogen and oxygen atoms in total. The Morgan fingerprint density at radius 1 is 1.52 bits per heavy atom. The molecule has 0 radical (unpaired) electrons. The standard InChI is InChI=1S/C16H14BrFN4OS2/c1-9(15(23)19-8-10-5-11(17)7-12(18)6-10)22-14(20-21-16(22)24)13-3-2-4-25-13/h2-7,9H,8H2,1H3,(H,19,23)(H,21,24). The first-order valence-corrected chi connectivity index (χ1v) is 9.47. The molecule has 0 bridgehead atoms. The van der Waals surface area contributed by atoms with Crippen LogP contribution in [0.15, 0.2) is 40.2 Å². The number of nitrogens with zero attached hydrogens (tertiary/aromatic N) is 2. The van der Waals surface area contributed by atoms with Gasteiger partial charge in [-0.05, 0) is 54.4 Å². The molecule has 0 saturated heterocycles. The highest BCUT2D eigenvalue weighted by Gasteiger charge is 2.21. The Hall–Kier alpha value is -1.84. The number of rotatable bonds is 5. The van der Waals surface area contributed by atoms with Gasteiger partial charge in [0.15, 0.2) is 10.6 Å². The molecule has 25 heavy (non-hydrogen) atoms. The van der Waals surface area contributed by atoms with Crippen molar-refractivity contribution >= 4 is 45.4 Å². The minimum atomic E-state index is -0.555. The maximum atomic E-state index is 13.4. The molecule has 0 saturated carbocycles. The second-order valence-electron chi connectivity index (χ2n) is 5.37. The van der Waals surface area contributed by atoms with Gasteiger partial charge in [-0.25, -0.2) is 4.39 Å². The van der Waals surface area contributed by atoms with Crippen molar-refractivity contribution in [2.45, 2.75) is 19.5 Å². The molecule has 9 heteroatoms. The Kier molecular flexibility index (Phi) is 5.45. The van der Waals surface area contributed by atoms with Crippen LogP contribution in [0, 0.1) is 10.6 Å². The van der Waals surface area contributed by atoms with Crippen molar-refractivity contribution in [3.05, 3.63) is 56.3 Å². The fraction of sp³-hybridized carbons (Fsp3) is 0.188. The fourth-order valence-corrected chi connectivity index (χ4v) is 3.92. The van der Waals surface area contributed by atoms with Crippen LogP contribution in [0.4, 0.5) is 4.39 Å². The normalized spacial score (nSPS) is 12.1. The number of aromatic nitrogens is 3. The lowest BCUT2D eigenvalue weighted by molar-refractivity contribution is -0.124. The van der Waals surface area contributed by atoms with Crippen LogP contribution in [-0.4, -0.2) is 20.7 Å². The highest BCUT2D eigenvalue weighted by Crippen LogP contribution is 2.25. The summed E-state index contributed by atoms with van der Waals surface area (Å²) < 4.78 is 16.1. The first-order chi connectivity index (χ1) is 12.0. The lowest BCUT2D eigenvalue weighted by Crippen LogP contribution is -2.31. The summed E-state index contributed by atoms with van der Waals surface area (Å²) in [5.41, 5.74) is 0.668. The van der Waals surface area contributed by atoms with Crippen molar-refractivity contribution < 1.29 is 9.18 Å². The predicted octanol–water partition coefficient (Wildman–Crippen LogP) is 4.45. The molecule has 1 atom stereocenters. The zero-order valence-corrected chi connectivity index (χ0v) is 16.3. The summed E-state index contributed by atoms with van der Waals surface area (Å²) in [6.45, 7) is 1.97. The van der Waals surface area contributed by atoms with Gasteiger partial charge in [-0.2, -0.15) is 5.10 Å². The Balaban J connectivity index is 1.77. The van der Waals surface area contributed by atoms with Gasteiger partial charge in [0.2, 0.25) is 5.91 Å². The molecule has 0 fully saturated rings. The first-order valence-electron chi connectivity index (χ1n) is 7.39. The van der Waals surface area contributed by atoms with Crippen molar-refractivity contribution in [3.8, 4) is 10.7 Å². The Bertz CT molecular complexity index is 931. The van der Waals surface area contributed by atoms with E-state index in [1.807, 2.05) is 17.5 Å². The molecular formula is C16H14BrFN4OS2. The topological polar surface area (TPSA) is 62.7 Å². The summed E-state index contributed by atoms with van der Waals surface area (Å²) in [5, 5.41) is 11.7. The van der Waals surface area contributed by atoms with Gasteiger partial charge < -0.3 is 5.32 Å². The van der Waals surface area contributed by atoms with E-state index in [2.05, 4.69) is 31.4 Å². The Labute approximate surface area is 161 Å². The quantitative estimate of drug-likeness (QED) is 0.576. The average Bonchev–Trinajstić information content (AvgIpc) is 3.20. The van der Waals surface area contributed by atoms with Crippen LogP contribution in [0.1, 0.15) is 18.5 Å². The first kappa shape index (κ1) is 18.0. The minimum Gasteiger partial charge on any atom is -0.350 e. The Morgan fingerprint density at radius 2 is 2.32 bits per heavy atom. The number of benzene rings is 1. The second kappa shape index (κ2) is 7.59. The van der Waals surface area contributed by atoms with Crippen molar-refractivity contribution in [1.29, 1.82) is 0 Å². The third kappa shape index (κ3) is 4.05. The zero-order valence-electron chi connectivity index (χ0n) is 13.1. The number of hydrogen-bond acceptors (Lipinski definition) is 4. The van der Waals surface area contributed by atoms with E-state index in [1.165, 1.54) is 23.5 Å². The van der Waals surface area contributed by atoms with E-state index in [-0.39, 0.29) is 18.3 Å². The summed E-state index contributed by atoms with van der Waals surface area (Å²) >= 11 is 10.0. The number of halogens is 2. The summed E-state index contributed by atoms with van der Waals surface area (Å²) in [6, 6.07) is 7.78. The molecule has 0 aliphatic rings. The number of nitrogens with one attached hydrogen (secondary N) is 2. The number of carbonyl (C=O) groups is 1. The molecule has 1 amide bonds. The van der Waals surface area contributed by atoms with E-state index in [0.717, 1.165) is 4.88 Å². The van der Waals surface area contributed by atoms with Crippen molar-refractivity contribution in [3.63, 3.8) is 0 Å². The maximum Gasteiger partial charge on any atom is 0.243 e. The molecular weight excluding hydrogens is 427 g/mol. The average molecular weight is 441 g/mol. The van der Waals surface area contributed by atoms with Crippen LogP contribution in [-0.2, 0) is 11.3 Å². The van der Waals surface area contributed by atoms with Gasteiger partial charge in [-0.3, -0.25) is 14.5 Å². The zero-order chi connectivity index (χ0) is 18.0. The summed E-state index contributed by atoms with van der Waals surface area (Å²) in [5.74, 6) is 0.0375. The van der Waals surface area contributed by atoms with Crippen LogP contribution >= 0.6 is 39.5 Å². The van der Waals surface area contributed by atoms with Crippen LogP contribution in [0.3, 0.4) is 0 Å². The van der Waals surface area contributed by atoms with Gasteiger partial charge in [0.25, 0.3) is 0 Å². The number of thiophene rings is 1. The number of aromatic amines is 1. The number of amides is 1. The number of hydrogen-bond donors (Lipinski definition) is 2. The molecule has 2 N–H and O–H groups in total. The summed E-state index contributed by atoms with van der Waals surface area (Å²) in [6.07, 6.45) is 0. The highest BCUT2D eigenvalue weighted by atomic mass is 79.9. The van der Waals surface area contributed by atoms with Gasteiger partial charge in [0, 0.05) is 11.0 Å². The van der Waals surface area contributed by atoms with E-state index in [4.69, 9.17) is 12.2 Å².